The van der Waals surface area contributed by atoms with Gasteiger partial charge in [-0.25, -0.2) is 33.4 Å². The van der Waals surface area contributed by atoms with Crippen molar-refractivity contribution in [1.29, 1.82) is 0 Å². The van der Waals surface area contributed by atoms with Crippen molar-refractivity contribution in [2.45, 2.75) is 19.1 Å². The molecule has 0 spiro atoms. The van der Waals surface area contributed by atoms with Crippen molar-refractivity contribution in [2.75, 3.05) is 29.4 Å². The van der Waals surface area contributed by atoms with E-state index in [9.17, 15) is 22.4 Å². The summed E-state index contributed by atoms with van der Waals surface area (Å²) in [6.45, 7) is 3.59. The molecule has 1 aliphatic rings. The molecule has 9 nitrogen and oxygen atoms in total. The number of benzene rings is 1. The van der Waals surface area contributed by atoms with Crippen LogP contribution in [0.15, 0.2) is 60.0 Å². The first-order chi connectivity index (χ1) is 17.6. The van der Waals surface area contributed by atoms with Gasteiger partial charge in [0.1, 0.15) is 18.0 Å². The molecule has 1 aliphatic heterocycles. The molecule has 1 unspecified atom stereocenters. The Morgan fingerprint density at radius 3 is 2.30 bits per heavy atom. The van der Waals surface area contributed by atoms with E-state index in [1.165, 1.54) is 31.6 Å². The molecule has 37 heavy (non-hydrogen) atoms. The zero-order chi connectivity index (χ0) is 26.3. The van der Waals surface area contributed by atoms with Crippen LogP contribution in [0.4, 0.5) is 29.3 Å². The molecular weight excluding hydrogens is 492 g/mol. The summed E-state index contributed by atoms with van der Waals surface area (Å²) >= 11 is 0. The molecule has 0 bridgehead atoms. The Hall–Kier alpha value is -4.29. The fourth-order valence-corrected chi connectivity index (χ4v) is 4.25. The van der Waals surface area contributed by atoms with Crippen LogP contribution in [0.1, 0.15) is 12.5 Å². The number of pyridine rings is 1. The quantitative estimate of drug-likeness (QED) is 0.387. The van der Waals surface area contributed by atoms with Gasteiger partial charge < -0.3 is 9.80 Å². The predicted octanol–water partition coefficient (Wildman–Crippen LogP) is 3.30. The molecule has 0 radical (unpaired) electrons. The Labute approximate surface area is 208 Å². The van der Waals surface area contributed by atoms with E-state index in [1.54, 1.807) is 18.5 Å². The highest BCUT2D eigenvalue weighted by molar-refractivity contribution is 5.64. The minimum absolute atomic E-state index is 0.0294. The smallest absolute Gasteiger partial charge is 0.353 e. The molecule has 5 rings (SSSR count). The number of nitrogens with zero attached hydrogens (tertiary/aromatic N) is 8. The van der Waals surface area contributed by atoms with Gasteiger partial charge >= 0.3 is 11.9 Å². The summed E-state index contributed by atoms with van der Waals surface area (Å²) in [5.41, 5.74) is 0.0113. The third-order valence-electron chi connectivity index (χ3n) is 6.29. The molecule has 0 saturated carbocycles. The van der Waals surface area contributed by atoms with E-state index in [4.69, 9.17) is 0 Å². The molecule has 1 aromatic carbocycles. The van der Waals surface area contributed by atoms with Crippen LogP contribution in [0.5, 0.6) is 0 Å². The summed E-state index contributed by atoms with van der Waals surface area (Å²) in [6.07, 6.45) is 0.881. The van der Waals surface area contributed by atoms with Crippen LogP contribution in [0.3, 0.4) is 0 Å². The average molecular weight is 514 g/mol. The predicted molar refractivity (Wildman–Crippen MR) is 128 cm³/mol. The second-order valence-electron chi connectivity index (χ2n) is 8.74. The Morgan fingerprint density at radius 1 is 0.973 bits per heavy atom. The van der Waals surface area contributed by atoms with Crippen molar-refractivity contribution in [1.82, 2.24) is 29.3 Å². The first kappa shape index (κ1) is 24.4. The minimum Gasteiger partial charge on any atom is -0.353 e. The van der Waals surface area contributed by atoms with Gasteiger partial charge in [-0.05, 0) is 36.8 Å². The van der Waals surface area contributed by atoms with Gasteiger partial charge in [0.05, 0.1) is 11.3 Å². The fourth-order valence-electron chi connectivity index (χ4n) is 4.25. The molecule has 1 saturated heterocycles. The van der Waals surface area contributed by atoms with Crippen LogP contribution in [0.2, 0.25) is 0 Å². The lowest BCUT2D eigenvalue weighted by Crippen LogP contribution is -2.53. The maximum Gasteiger partial charge on any atom is 0.417 e. The van der Waals surface area contributed by atoms with Crippen LogP contribution in [0, 0.1) is 5.82 Å². The van der Waals surface area contributed by atoms with Crippen LogP contribution in [-0.2, 0) is 13.2 Å². The van der Waals surface area contributed by atoms with Gasteiger partial charge in [-0.2, -0.15) is 18.3 Å². The number of hydrogen-bond donors (Lipinski definition) is 0. The Bertz CT molecular complexity index is 1460. The van der Waals surface area contributed by atoms with Crippen LogP contribution in [-0.4, -0.2) is 55.0 Å². The summed E-state index contributed by atoms with van der Waals surface area (Å²) in [6, 6.07) is 6.87. The lowest BCUT2D eigenvalue weighted by atomic mass is 10.1. The first-order valence-electron chi connectivity index (χ1n) is 11.4. The van der Waals surface area contributed by atoms with E-state index in [1.807, 2.05) is 16.7 Å². The topological polar surface area (TPSA) is 85.0 Å². The van der Waals surface area contributed by atoms with Crippen LogP contribution in [0.25, 0.3) is 16.8 Å². The molecular formula is C24H22F4N8O. The van der Waals surface area contributed by atoms with Gasteiger partial charge in [0.15, 0.2) is 0 Å². The number of alkyl halides is 3. The van der Waals surface area contributed by atoms with Crippen molar-refractivity contribution >= 4 is 11.8 Å². The fraction of sp³-hybridized carbons (Fsp3) is 0.292. The SMILES string of the molecule is CC1CN(c2ccc(C(F)(F)F)cn2)CCN1c1ncc(-c2ccc(-n3cnn(C)c3=O)c(F)c2)cn1. The Morgan fingerprint density at radius 2 is 1.73 bits per heavy atom. The number of anilines is 2. The van der Waals surface area contributed by atoms with Crippen molar-refractivity contribution in [3.8, 4) is 16.8 Å². The lowest BCUT2D eigenvalue weighted by molar-refractivity contribution is -0.137. The van der Waals surface area contributed by atoms with E-state index in [-0.39, 0.29) is 11.7 Å². The van der Waals surface area contributed by atoms with Crippen LogP contribution < -0.4 is 15.5 Å². The van der Waals surface area contributed by atoms with Gasteiger partial charge in [-0.3, -0.25) is 0 Å². The molecule has 13 heteroatoms. The molecule has 0 aliphatic carbocycles. The molecule has 1 atom stereocenters. The highest BCUT2D eigenvalue weighted by atomic mass is 19.4. The van der Waals surface area contributed by atoms with Crippen molar-refractivity contribution < 1.29 is 17.6 Å². The monoisotopic (exact) mass is 514 g/mol. The lowest BCUT2D eigenvalue weighted by Gasteiger charge is -2.40. The molecule has 0 N–H and O–H groups in total. The number of hydrogen-bond acceptors (Lipinski definition) is 7. The van der Waals surface area contributed by atoms with E-state index in [0.29, 0.717) is 42.5 Å². The normalized spacial score (nSPS) is 16.3. The molecule has 192 valence electrons. The van der Waals surface area contributed by atoms with E-state index in [0.717, 1.165) is 21.5 Å². The number of aryl methyl sites for hydroxylation is 1. The highest BCUT2D eigenvalue weighted by Crippen LogP contribution is 2.30. The second-order valence-corrected chi connectivity index (χ2v) is 8.74. The van der Waals surface area contributed by atoms with Gasteiger partial charge in [-0.15, -0.1) is 0 Å². The number of aromatic nitrogens is 6. The van der Waals surface area contributed by atoms with Gasteiger partial charge in [0.2, 0.25) is 5.95 Å². The summed E-state index contributed by atoms with van der Waals surface area (Å²) in [4.78, 5) is 28.9. The van der Waals surface area contributed by atoms with Crippen LogP contribution >= 0.6 is 0 Å². The zero-order valence-corrected chi connectivity index (χ0v) is 19.9. The molecule has 0 amide bonds. The highest BCUT2D eigenvalue weighted by Gasteiger charge is 2.32. The van der Waals surface area contributed by atoms with E-state index in [2.05, 4.69) is 20.1 Å². The summed E-state index contributed by atoms with van der Waals surface area (Å²) in [5, 5.41) is 3.84. The van der Waals surface area contributed by atoms with Crippen molar-refractivity contribution in [2.24, 2.45) is 7.05 Å². The summed E-state index contributed by atoms with van der Waals surface area (Å²) in [7, 11) is 1.48. The first-order valence-corrected chi connectivity index (χ1v) is 11.4. The molecule has 4 heterocycles. The molecule has 3 aromatic heterocycles. The summed E-state index contributed by atoms with van der Waals surface area (Å²) in [5.74, 6) is 0.392. The number of piperazine rings is 1. The van der Waals surface area contributed by atoms with Gasteiger partial charge in [-0.1, -0.05) is 6.07 Å². The van der Waals surface area contributed by atoms with Gasteiger partial charge in [0.25, 0.3) is 0 Å². The average Bonchev–Trinajstić information content (AvgIpc) is 3.21. The van der Waals surface area contributed by atoms with E-state index < -0.39 is 23.2 Å². The number of halogens is 4. The maximum atomic E-state index is 14.8. The number of rotatable bonds is 4. The third-order valence-corrected chi connectivity index (χ3v) is 6.29. The zero-order valence-electron chi connectivity index (χ0n) is 19.9. The summed E-state index contributed by atoms with van der Waals surface area (Å²) < 4.78 is 55.5. The van der Waals surface area contributed by atoms with E-state index >= 15 is 0 Å². The molecule has 4 aromatic rings. The van der Waals surface area contributed by atoms with Crippen molar-refractivity contribution in [3.05, 3.63) is 77.1 Å². The van der Waals surface area contributed by atoms with Crippen molar-refractivity contribution in [3.63, 3.8) is 0 Å². The Kier molecular flexibility index (Phi) is 6.13. The second kappa shape index (κ2) is 9.30. The van der Waals surface area contributed by atoms with Gasteiger partial charge in [0, 0.05) is 56.9 Å². The molecule has 1 fully saturated rings. The maximum absolute atomic E-state index is 14.8. The standard InChI is InChI=1S/C24H22F4N8O/c1-15-13-34(21-6-4-18(12-29-21)24(26,27)28)7-8-35(15)22-30-10-17(11-31-22)16-3-5-20(19(25)9-16)36-14-32-33(2)23(36)37/h3-6,9-12,14-15H,7-8,13H2,1-2H3. The Balaban J connectivity index is 1.28. The minimum atomic E-state index is -4.42. The largest absolute Gasteiger partial charge is 0.417 e. The third kappa shape index (κ3) is 4.76.